The molecular formula is C16H23O. The van der Waals surface area contributed by atoms with Crippen LogP contribution in [0.25, 0.3) is 0 Å². The Kier molecular flexibility index (Phi) is 3.58. The van der Waals surface area contributed by atoms with Crippen molar-refractivity contribution in [1.29, 1.82) is 0 Å². The van der Waals surface area contributed by atoms with E-state index in [4.69, 9.17) is 0 Å². The van der Waals surface area contributed by atoms with Crippen molar-refractivity contribution >= 4 is 0 Å². The molecule has 1 aliphatic rings. The normalized spacial score (nSPS) is 30.2. The van der Waals surface area contributed by atoms with Gasteiger partial charge in [-0.3, -0.25) is 0 Å². The summed E-state index contributed by atoms with van der Waals surface area (Å²) in [5.41, 5.74) is 1.31. The maximum Gasteiger partial charge on any atom is 0.0969 e. The van der Waals surface area contributed by atoms with E-state index in [1.165, 1.54) is 12.0 Å². The first-order valence-electron chi connectivity index (χ1n) is 6.73. The minimum Gasteiger partial charge on any atom is -0.233 e. The molecule has 1 aromatic carbocycles. The van der Waals surface area contributed by atoms with Gasteiger partial charge in [-0.2, -0.15) is 0 Å². The molecule has 1 radical (unpaired) electrons. The molecule has 17 heavy (non-hydrogen) atoms. The van der Waals surface area contributed by atoms with Crippen LogP contribution in [-0.2, 0) is 10.5 Å². The fourth-order valence-electron chi connectivity index (χ4n) is 3.24. The van der Waals surface area contributed by atoms with Crippen molar-refractivity contribution in [3.63, 3.8) is 0 Å². The van der Waals surface area contributed by atoms with Crippen LogP contribution in [0, 0.1) is 11.8 Å². The lowest BCUT2D eigenvalue weighted by Crippen LogP contribution is -2.40. The molecule has 3 unspecified atom stereocenters. The van der Waals surface area contributed by atoms with Crippen molar-refractivity contribution < 1.29 is 5.11 Å². The van der Waals surface area contributed by atoms with Gasteiger partial charge in [0.1, 0.15) is 0 Å². The second-order valence-electron chi connectivity index (χ2n) is 6.15. The predicted octanol–water partition coefficient (Wildman–Crippen LogP) is 4.20. The van der Waals surface area contributed by atoms with Gasteiger partial charge in [0.15, 0.2) is 0 Å². The number of hydrogen-bond acceptors (Lipinski definition) is 0. The van der Waals surface area contributed by atoms with Crippen LogP contribution in [0.15, 0.2) is 30.3 Å². The third kappa shape index (κ3) is 2.55. The quantitative estimate of drug-likeness (QED) is 0.727. The Hall–Kier alpha value is -0.820. The first-order valence-corrected chi connectivity index (χ1v) is 6.73. The topological polar surface area (TPSA) is 19.9 Å². The largest absolute Gasteiger partial charge is 0.233 e. The van der Waals surface area contributed by atoms with E-state index in [-0.39, 0.29) is 11.3 Å². The Morgan fingerprint density at radius 3 is 2.35 bits per heavy atom. The fourth-order valence-corrected chi connectivity index (χ4v) is 3.24. The third-order valence-corrected chi connectivity index (χ3v) is 4.50. The molecule has 2 rings (SSSR count). The van der Waals surface area contributed by atoms with Gasteiger partial charge in [-0.25, -0.2) is 5.11 Å². The zero-order valence-electron chi connectivity index (χ0n) is 11.1. The van der Waals surface area contributed by atoms with Gasteiger partial charge < -0.3 is 0 Å². The van der Waals surface area contributed by atoms with Crippen molar-refractivity contribution in [3.8, 4) is 0 Å². The van der Waals surface area contributed by atoms with Crippen LogP contribution in [0.2, 0.25) is 0 Å². The van der Waals surface area contributed by atoms with E-state index in [1.807, 2.05) is 6.07 Å². The van der Waals surface area contributed by atoms with Crippen LogP contribution < -0.4 is 0 Å². The Labute approximate surface area is 105 Å². The SMILES string of the molecule is CC1CCC(C(C)(C)c2ccccc2)C([O])C1. The summed E-state index contributed by atoms with van der Waals surface area (Å²) in [6.45, 7) is 6.67. The van der Waals surface area contributed by atoms with Crippen molar-refractivity contribution in [2.24, 2.45) is 11.8 Å². The Morgan fingerprint density at radius 1 is 1.12 bits per heavy atom. The highest BCUT2D eigenvalue weighted by Gasteiger charge is 2.39. The van der Waals surface area contributed by atoms with Crippen LogP contribution in [0.4, 0.5) is 0 Å². The lowest BCUT2D eigenvalue weighted by molar-refractivity contribution is -0.0338. The van der Waals surface area contributed by atoms with Gasteiger partial charge in [0.25, 0.3) is 0 Å². The molecule has 3 atom stereocenters. The maximum atomic E-state index is 12.3. The third-order valence-electron chi connectivity index (χ3n) is 4.50. The van der Waals surface area contributed by atoms with Crippen molar-refractivity contribution in [1.82, 2.24) is 0 Å². The summed E-state index contributed by atoms with van der Waals surface area (Å²) >= 11 is 0. The van der Waals surface area contributed by atoms with Gasteiger partial charge in [0.05, 0.1) is 6.10 Å². The van der Waals surface area contributed by atoms with Crippen LogP contribution in [0.5, 0.6) is 0 Å². The van der Waals surface area contributed by atoms with Crippen molar-refractivity contribution in [2.75, 3.05) is 0 Å². The summed E-state index contributed by atoms with van der Waals surface area (Å²) in [5, 5.41) is 12.3. The molecule has 1 heteroatoms. The lowest BCUT2D eigenvalue weighted by Gasteiger charge is -2.41. The first kappa shape index (κ1) is 12.6. The smallest absolute Gasteiger partial charge is 0.0969 e. The second-order valence-corrected chi connectivity index (χ2v) is 6.15. The van der Waals surface area contributed by atoms with Crippen molar-refractivity contribution in [2.45, 2.75) is 51.6 Å². The zero-order chi connectivity index (χ0) is 12.5. The van der Waals surface area contributed by atoms with E-state index in [9.17, 15) is 5.11 Å². The summed E-state index contributed by atoms with van der Waals surface area (Å²) in [7, 11) is 0. The average Bonchev–Trinajstić information content (AvgIpc) is 2.29. The molecule has 0 aliphatic heterocycles. The van der Waals surface area contributed by atoms with Gasteiger partial charge in [-0.1, -0.05) is 57.5 Å². The molecule has 0 spiro atoms. The van der Waals surface area contributed by atoms with Crippen molar-refractivity contribution in [3.05, 3.63) is 35.9 Å². The molecule has 1 aromatic rings. The number of benzene rings is 1. The van der Waals surface area contributed by atoms with Crippen LogP contribution >= 0.6 is 0 Å². The summed E-state index contributed by atoms with van der Waals surface area (Å²) in [5.74, 6) is 0.890. The van der Waals surface area contributed by atoms with Gasteiger partial charge in [0.2, 0.25) is 0 Å². The first-order chi connectivity index (χ1) is 8.01. The van der Waals surface area contributed by atoms with Crippen LogP contribution in [0.3, 0.4) is 0 Å². The molecule has 1 aliphatic carbocycles. The predicted molar refractivity (Wildman–Crippen MR) is 70.4 cm³/mol. The van der Waals surface area contributed by atoms with Gasteiger partial charge in [-0.15, -0.1) is 0 Å². The number of hydrogen-bond donors (Lipinski definition) is 0. The van der Waals surface area contributed by atoms with Gasteiger partial charge in [-0.05, 0) is 35.7 Å². The molecule has 1 nitrogen and oxygen atoms in total. The van der Waals surface area contributed by atoms with E-state index in [1.54, 1.807) is 0 Å². The van der Waals surface area contributed by atoms with Crippen LogP contribution in [-0.4, -0.2) is 6.10 Å². The molecule has 1 fully saturated rings. The van der Waals surface area contributed by atoms with E-state index in [2.05, 4.69) is 45.0 Å². The molecule has 0 saturated heterocycles. The molecule has 0 N–H and O–H groups in total. The molecule has 0 bridgehead atoms. The van der Waals surface area contributed by atoms with E-state index in [0.29, 0.717) is 5.92 Å². The lowest BCUT2D eigenvalue weighted by atomic mass is 9.64. The van der Waals surface area contributed by atoms with Gasteiger partial charge in [0, 0.05) is 0 Å². The fraction of sp³-hybridized carbons (Fsp3) is 0.625. The monoisotopic (exact) mass is 231 g/mol. The standard InChI is InChI=1S/C16H23O/c1-12-9-10-14(15(17)11-12)16(2,3)13-7-5-4-6-8-13/h4-8,12,14-15H,9-11H2,1-3H3. The molecule has 93 valence electrons. The second kappa shape index (κ2) is 4.81. The Morgan fingerprint density at radius 2 is 1.76 bits per heavy atom. The van der Waals surface area contributed by atoms with E-state index < -0.39 is 6.10 Å². The summed E-state index contributed by atoms with van der Waals surface area (Å²) in [6, 6.07) is 10.5. The number of rotatable bonds is 2. The van der Waals surface area contributed by atoms with E-state index >= 15 is 0 Å². The Balaban J connectivity index is 2.21. The molecule has 0 aromatic heterocycles. The minimum atomic E-state index is -0.394. The Bertz CT molecular complexity index is 355. The van der Waals surface area contributed by atoms with Crippen LogP contribution in [0.1, 0.15) is 45.6 Å². The summed E-state index contributed by atoms with van der Waals surface area (Å²) < 4.78 is 0. The summed E-state index contributed by atoms with van der Waals surface area (Å²) in [4.78, 5) is 0. The van der Waals surface area contributed by atoms with Gasteiger partial charge >= 0.3 is 0 Å². The highest BCUT2D eigenvalue weighted by Crippen LogP contribution is 2.42. The molecule has 1 saturated carbocycles. The summed E-state index contributed by atoms with van der Waals surface area (Å²) in [6.07, 6.45) is 2.74. The molecule has 0 amide bonds. The minimum absolute atomic E-state index is 0.00775. The zero-order valence-corrected chi connectivity index (χ0v) is 11.1. The van der Waals surface area contributed by atoms with E-state index in [0.717, 1.165) is 12.8 Å². The molecular weight excluding hydrogens is 208 g/mol. The highest BCUT2D eigenvalue weighted by molar-refractivity contribution is 5.25. The highest BCUT2D eigenvalue weighted by atomic mass is 16.3. The average molecular weight is 231 g/mol. The maximum absolute atomic E-state index is 12.3. The molecule has 0 heterocycles.